The van der Waals surface area contributed by atoms with E-state index in [1.54, 1.807) is 7.11 Å². The van der Waals surface area contributed by atoms with Crippen LogP contribution in [0.4, 0.5) is 0 Å². The van der Waals surface area contributed by atoms with Gasteiger partial charge in [0.2, 0.25) is 5.91 Å². The second-order valence-electron chi connectivity index (χ2n) is 5.70. The fraction of sp³-hybridized carbons (Fsp3) is 0.316. The molecule has 0 aliphatic carbocycles. The molecular formula is C19H23NO2. The summed E-state index contributed by atoms with van der Waals surface area (Å²) >= 11 is 0. The topological polar surface area (TPSA) is 38.3 Å². The largest absolute Gasteiger partial charge is 0.496 e. The minimum Gasteiger partial charge on any atom is -0.496 e. The molecule has 0 aliphatic rings. The molecule has 0 fully saturated rings. The predicted molar refractivity (Wildman–Crippen MR) is 89.2 cm³/mol. The molecule has 0 spiro atoms. The van der Waals surface area contributed by atoms with Gasteiger partial charge in [-0.05, 0) is 32.4 Å². The number of nitrogens with one attached hydrogen (secondary N) is 1. The van der Waals surface area contributed by atoms with Crippen molar-refractivity contribution >= 4 is 5.91 Å². The van der Waals surface area contributed by atoms with Crippen molar-refractivity contribution in [3.8, 4) is 5.75 Å². The fourth-order valence-corrected chi connectivity index (χ4v) is 2.45. The summed E-state index contributed by atoms with van der Waals surface area (Å²) in [5.74, 6) is 0.814. The third-order valence-electron chi connectivity index (χ3n) is 3.71. The molecular weight excluding hydrogens is 274 g/mol. The molecule has 0 saturated carbocycles. The molecule has 1 N–H and O–H groups in total. The van der Waals surface area contributed by atoms with E-state index in [1.807, 2.05) is 57.2 Å². The Morgan fingerprint density at radius 1 is 1.09 bits per heavy atom. The van der Waals surface area contributed by atoms with Crippen LogP contribution in [0.25, 0.3) is 0 Å². The lowest BCUT2D eigenvalue weighted by Gasteiger charge is -2.18. The van der Waals surface area contributed by atoms with Gasteiger partial charge in [0.05, 0.1) is 19.6 Å². The van der Waals surface area contributed by atoms with Gasteiger partial charge in [-0.2, -0.15) is 0 Å². The summed E-state index contributed by atoms with van der Waals surface area (Å²) < 4.78 is 5.38. The molecule has 0 saturated heterocycles. The number of rotatable bonds is 5. The highest BCUT2D eigenvalue weighted by atomic mass is 16.5. The minimum atomic E-state index is -0.0900. The van der Waals surface area contributed by atoms with Crippen LogP contribution in [-0.4, -0.2) is 13.0 Å². The lowest BCUT2D eigenvalue weighted by Crippen LogP contribution is -2.28. The zero-order valence-corrected chi connectivity index (χ0v) is 13.6. The average molecular weight is 297 g/mol. The third-order valence-corrected chi connectivity index (χ3v) is 3.71. The van der Waals surface area contributed by atoms with Gasteiger partial charge in [0.25, 0.3) is 0 Å². The van der Waals surface area contributed by atoms with Gasteiger partial charge in [-0.25, -0.2) is 0 Å². The normalized spacial score (nSPS) is 11.8. The first-order valence-corrected chi connectivity index (χ1v) is 7.49. The maximum Gasteiger partial charge on any atom is 0.224 e. The Hall–Kier alpha value is -2.29. The van der Waals surface area contributed by atoms with E-state index in [9.17, 15) is 4.79 Å². The molecule has 0 bridgehead atoms. The molecule has 1 atom stereocenters. The summed E-state index contributed by atoms with van der Waals surface area (Å²) in [5, 5.41) is 3.04. The van der Waals surface area contributed by atoms with Crippen LogP contribution in [0.1, 0.15) is 35.2 Å². The van der Waals surface area contributed by atoms with E-state index < -0.39 is 0 Å². The molecule has 3 nitrogen and oxygen atoms in total. The molecule has 0 radical (unpaired) electrons. The first kappa shape index (κ1) is 16.1. The van der Waals surface area contributed by atoms with Crippen LogP contribution in [-0.2, 0) is 11.2 Å². The molecule has 1 amide bonds. The number of hydrogen-bond acceptors (Lipinski definition) is 2. The van der Waals surface area contributed by atoms with Gasteiger partial charge in [-0.15, -0.1) is 0 Å². The highest BCUT2D eigenvalue weighted by Gasteiger charge is 2.14. The smallest absolute Gasteiger partial charge is 0.224 e. The minimum absolute atomic E-state index is 0.0138. The Bertz CT molecular complexity index is 647. The zero-order valence-electron chi connectivity index (χ0n) is 13.6. The van der Waals surface area contributed by atoms with Crippen molar-refractivity contribution < 1.29 is 9.53 Å². The van der Waals surface area contributed by atoms with Crippen molar-refractivity contribution in [2.45, 2.75) is 33.2 Å². The standard InChI is InChI=1S/C19H23NO2/c1-13-5-8-16(9-6-13)12-19(21)20-15(3)17-11-14(2)7-10-18(17)22-4/h5-11,15H,12H2,1-4H3,(H,20,21)/t15-/m1/s1. The van der Waals surface area contributed by atoms with E-state index in [2.05, 4.69) is 11.4 Å². The van der Waals surface area contributed by atoms with Crippen LogP contribution < -0.4 is 10.1 Å². The van der Waals surface area contributed by atoms with Gasteiger partial charge in [-0.1, -0.05) is 47.5 Å². The predicted octanol–water partition coefficient (Wildman–Crippen LogP) is 3.73. The molecule has 22 heavy (non-hydrogen) atoms. The van der Waals surface area contributed by atoms with E-state index in [4.69, 9.17) is 4.74 Å². The number of amides is 1. The Labute approximate surface area is 132 Å². The molecule has 0 aliphatic heterocycles. The van der Waals surface area contributed by atoms with Crippen molar-refractivity contribution in [1.29, 1.82) is 0 Å². The lowest BCUT2D eigenvalue weighted by atomic mass is 10.0. The number of aryl methyl sites for hydroxylation is 2. The van der Waals surface area contributed by atoms with Gasteiger partial charge in [0, 0.05) is 5.56 Å². The fourth-order valence-electron chi connectivity index (χ4n) is 2.45. The van der Waals surface area contributed by atoms with Crippen LogP contribution in [0.5, 0.6) is 5.75 Å². The summed E-state index contributed by atoms with van der Waals surface area (Å²) in [6.07, 6.45) is 0.388. The number of ether oxygens (including phenoxy) is 1. The van der Waals surface area contributed by atoms with Crippen molar-refractivity contribution in [3.05, 3.63) is 64.7 Å². The molecule has 2 aromatic rings. The van der Waals surface area contributed by atoms with Gasteiger partial charge in [0.1, 0.15) is 5.75 Å². The molecule has 0 aromatic heterocycles. The van der Waals surface area contributed by atoms with E-state index in [0.717, 1.165) is 22.4 Å². The van der Waals surface area contributed by atoms with Crippen LogP contribution in [0.3, 0.4) is 0 Å². The lowest BCUT2D eigenvalue weighted by molar-refractivity contribution is -0.121. The first-order chi connectivity index (χ1) is 10.5. The number of methoxy groups -OCH3 is 1. The summed E-state index contributed by atoms with van der Waals surface area (Å²) in [5.41, 5.74) is 4.36. The summed E-state index contributed by atoms with van der Waals surface area (Å²) in [7, 11) is 1.65. The summed E-state index contributed by atoms with van der Waals surface area (Å²) in [6, 6.07) is 13.9. The number of benzene rings is 2. The maximum atomic E-state index is 12.2. The Kier molecular flexibility index (Phi) is 5.21. The number of carbonyl (C=O) groups excluding carboxylic acids is 1. The Morgan fingerprint density at radius 2 is 1.73 bits per heavy atom. The zero-order chi connectivity index (χ0) is 16.1. The van der Waals surface area contributed by atoms with Crippen LogP contribution in [0.15, 0.2) is 42.5 Å². The Morgan fingerprint density at radius 3 is 2.36 bits per heavy atom. The maximum absolute atomic E-state index is 12.2. The number of carbonyl (C=O) groups is 1. The molecule has 116 valence electrons. The van der Waals surface area contributed by atoms with Crippen LogP contribution in [0.2, 0.25) is 0 Å². The van der Waals surface area contributed by atoms with Crippen molar-refractivity contribution in [2.24, 2.45) is 0 Å². The van der Waals surface area contributed by atoms with Gasteiger partial charge in [-0.3, -0.25) is 4.79 Å². The third kappa shape index (κ3) is 4.10. The van der Waals surface area contributed by atoms with Crippen molar-refractivity contribution in [1.82, 2.24) is 5.32 Å². The SMILES string of the molecule is COc1ccc(C)cc1[C@@H](C)NC(=O)Cc1ccc(C)cc1. The molecule has 2 rings (SSSR count). The molecule has 2 aromatic carbocycles. The first-order valence-electron chi connectivity index (χ1n) is 7.49. The van der Waals surface area contributed by atoms with Gasteiger partial charge < -0.3 is 10.1 Å². The van der Waals surface area contributed by atoms with Gasteiger partial charge >= 0.3 is 0 Å². The highest BCUT2D eigenvalue weighted by molar-refractivity contribution is 5.79. The molecule has 3 heteroatoms. The van der Waals surface area contributed by atoms with Crippen molar-refractivity contribution in [2.75, 3.05) is 7.11 Å². The molecule has 0 heterocycles. The number of hydrogen-bond donors (Lipinski definition) is 1. The average Bonchev–Trinajstić information content (AvgIpc) is 2.49. The monoisotopic (exact) mass is 297 g/mol. The van der Waals surface area contributed by atoms with Crippen LogP contribution in [0, 0.1) is 13.8 Å². The van der Waals surface area contributed by atoms with E-state index >= 15 is 0 Å². The van der Waals surface area contributed by atoms with E-state index in [0.29, 0.717) is 6.42 Å². The van der Waals surface area contributed by atoms with E-state index in [1.165, 1.54) is 5.56 Å². The van der Waals surface area contributed by atoms with Crippen LogP contribution >= 0.6 is 0 Å². The highest BCUT2D eigenvalue weighted by Crippen LogP contribution is 2.26. The van der Waals surface area contributed by atoms with E-state index in [-0.39, 0.29) is 11.9 Å². The Balaban J connectivity index is 2.05. The van der Waals surface area contributed by atoms with Crippen molar-refractivity contribution in [3.63, 3.8) is 0 Å². The van der Waals surface area contributed by atoms with Gasteiger partial charge in [0.15, 0.2) is 0 Å². The quantitative estimate of drug-likeness (QED) is 0.913. The molecule has 0 unspecified atom stereocenters. The second kappa shape index (κ2) is 7.12. The summed E-state index contributed by atoms with van der Waals surface area (Å²) in [6.45, 7) is 6.05. The summed E-state index contributed by atoms with van der Waals surface area (Å²) in [4.78, 5) is 12.2. The second-order valence-corrected chi connectivity index (χ2v) is 5.70.